The normalized spacial score (nSPS) is 23.1. The topological polar surface area (TPSA) is 43.9 Å². The molecule has 0 aromatic heterocycles. The smallest absolute Gasteiger partial charge is 0.230 e. The lowest BCUT2D eigenvalue weighted by atomic mass is 9.90. The first kappa shape index (κ1) is 21.0. The van der Waals surface area contributed by atoms with Crippen LogP contribution in [-0.2, 0) is 16.0 Å². The van der Waals surface area contributed by atoms with Gasteiger partial charge in [0.25, 0.3) is 0 Å². The third-order valence-corrected chi connectivity index (χ3v) is 7.67. The van der Waals surface area contributed by atoms with Crippen LogP contribution in [0.25, 0.3) is 0 Å². The summed E-state index contributed by atoms with van der Waals surface area (Å²) in [4.78, 5) is 32.9. The second-order valence-electron chi connectivity index (χ2n) is 9.55. The van der Waals surface area contributed by atoms with E-state index in [9.17, 15) is 9.59 Å². The second-order valence-corrected chi connectivity index (χ2v) is 9.55. The first-order valence-electron chi connectivity index (χ1n) is 12.1. The maximum atomic E-state index is 13.4. The fraction of sp³-hybridized carbons (Fsp3) is 0.481. The third-order valence-electron chi connectivity index (χ3n) is 7.67. The van der Waals surface area contributed by atoms with E-state index in [1.165, 1.54) is 11.3 Å². The number of hydrogen-bond donors (Lipinski definition) is 0. The Kier molecular flexibility index (Phi) is 5.90. The number of piperidine rings is 1. The standard InChI is InChI=1S/C27H33N3O2/c1-20(21-8-3-2-4-9-21)27(32)30-15-7-11-23-18-29(19-25(23)30)26(31)14-17-28-16-13-22-10-5-6-12-24(22)28/h2-6,8-10,12,20,23,25H,7,11,13-19H2,1H3/t20-,23+,25-/m1/s1. The maximum absolute atomic E-state index is 13.4. The molecule has 0 spiro atoms. The molecule has 5 rings (SSSR count). The van der Waals surface area contributed by atoms with Gasteiger partial charge in [-0.1, -0.05) is 48.5 Å². The molecule has 2 aromatic rings. The number of likely N-dealkylation sites (tertiary alicyclic amines) is 2. The number of para-hydroxylation sites is 1. The average molecular weight is 432 g/mol. The highest BCUT2D eigenvalue weighted by molar-refractivity contribution is 5.84. The van der Waals surface area contributed by atoms with Gasteiger partial charge in [0.05, 0.1) is 12.0 Å². The number of anilines is 1. The first-order chi connectivity index (χ1) is 15.6. The molecule has 3 heterocycles. The third kappa shape index (κ3) is 4.01. The van der Waals surface area contributed by atoms with Gasteiger partial charge in [0.1, 0.15) is 0 Å². The van der Waals surface area contributed by atoms with Crippen LogP contribution in [0.3, 0.4) is 0 Å². The summed E-state index contributed by atoms with van der Waals surface area (Å²) in [6, 6.07) is 18.7. The highest BCUT2D eigenvalue weighted by Gasteiger charge is 2.43. The number of amides is 2. The molecule has 5 heteroatoms. The van der Waals surface area contributed by atoms with Crippen molar-refractivity contribution in [3.63, 3.8) is 0 Å². The SMILES string of the molecule is C[C@@H](C(=O)N1CCC[C@H]2CN(C(=O)CCN3CCc4ccccc43)C[C@H]21)c1ccccc1. The highest BCUT2D eigenvalue weighted by atomic mass is 16.2. The average Bonchev–Trinajstić information content (AvgIpc) is 3.46. The Hall–Kier alpha value is -2.82. The van der Waals surface area contributed by atoms with E-state index < -0.39 is 0 Å². The Morgan fingerprint density at radius 2 is 1.78 bits per heavy atom. The van der Waals surface area contributed by atoms with Crippen molar-refractivity contribution in [2.24, 2.45) is 5.92 Å². The van der Waals surface area contributed by atoms with Crippen LogP contribution in [0.15, 0.2) is 54.6 Å². The van der Waals surface area contributed by atoms with Crippen molar-refractivity contribution in [3.05, 3.63) is 65.7 Å². The number of rotatable bonds is 5. The van der Waals surface area contributed by atoms with Crippen molar-refractivity contribution >= 4 is 17.5 Å². The predicted octanol–water partition coefficient (Wildman–Crippen LogP) is 3.69. The van der Waals surface area contributed by atoms with E-state index in [0.717, 1.165) is 51.0 Å². The number of carbonyl (C=O) groups excluding carboxylic acids is 2. The molecular weight excluding hydrogens is 398 g/mol. The zero-order valence-corrected chi connectivity index (χ0v) is 19.0. The van der Waals surface area contributed by atoms with Gasteiger partial charge in [0.2, 0.25) is 11.8 Å². The summed E-state index contributed by atoms with van der Waals surface area (Å²) in [5.74, 6) is 0.697. The van der Waals surface area contributed by atoms with E-state index in [2.05, 4.69) is 34.1 Å². The molecule has 2 saturated heterocycles. The predicted molar refractivity (Wildman–Crippen MR) is 127 cm³/mol. The van der Waals surface area contributed by atoms with Crippen molar-refractivity contribution in [2.75, 3.05) is 37.6 Å². The molecule has 0 radical (unpaired) electrons. The number of benzene rings is 2. The van der Waals surface area contributed by atoms with Crippen molar-refractivity contribution in [3.8, 4) is 0 Å². The van der Waals surface area contributed by atoms with E-state index in [0.29, 0.717) is 18.9 Å². The van der Waals surface area contributed by atoms with Crippen LogP contribution in [0.1, 0.15) is 43.2 Å². The Morgan fingerprint density at radius 1 is 1.00 bits per heavy atom. The van der Waals surface area contributed by atoms with Gasteiger partial charge in [-0.2, -0.15) is 0 Å². The van der Waals surface area contributed by atoms with Gasteiger partial charge in [-0.25, -0.2) is 0 Å². The van der Waals surface area contributed by atoms with Crippen molar-refractivity contribution in [2.45, 2.75) is 44.6 Å². The summed E-state index contributed by atoms with van der Waals surface area (Å²) < 4.78 is 0. The van der Waals surface area contributed by atoms with Crippen LogP contribution in [0.2, 0.25) is 0 Å². The van der Waals surface area contributed by atoms with Crippen LogP contribution in [0.4, 0.5) is 5.69 Å². The fourth-order valence-electron chi connectivity index (χ4n) is 5.82. The van der Waals surface area contributed by atoms with E-state index >= 15 is 0 Å². The molecule has 0 N–H and O–H groups in total. The quantitative estimate of drug-likeness (QED) is 0.725. The molecule has 2 fully saturated rings. The van der Waals surface area contributed by atoms with Gasteiger partial charge in [-0.3, -0.25) is 9.59 Å². The Balaban J connectivity index is 1.20. The fourth-order valence-corrected chi connectivity index (χ4v) is 5.82. The summed E-state index contributed by atoms with van der Waals surface area (Å²) in [6.45, 7) is 6.07. The van der Waals surface area contributed by atoms with Gasteiger partial charge < -0.3 is 14.7 Å². The molecule has 0 saturated carbocycles. The summed E-state index contributed by atoms with van der Waals surface area (Å²) in [7, 11) is 0. The van der Waals surface area contributed by atoms with E-state index in [1.807, 2.05) is 42.2 Å². The minimum Gasteiger partial charge on any atom is -0.370 e. The molecule has 3 atom stereocenters. The van der Waals surface area contributed by atoms with Crippen molar-refractivity contribution in [1.82, 2.24) is 9.80 Å². The lowest BCUT2D eigenvalue weighted by Gasteiger charge is -2.38. The Bertz CT molecular complexity index is 976. The molecule has 32 heavy (non-hydrogen) atoms. The minimum absolute atomic E-state index is 0.144. The van der Waals surface area contributed by atoms with E-state index in [1.54, 1.807) is 0 Å². The van der Waals surface area contributed by atoms with Crippen molar-refractivity contribution < 1.29 is 9.59 Å². The zero-order valence-electron chi connectivity index (χ0n) is 19.0. The lowest BCUT2D eigenvalue weighted by Crippen LogP contribution is -2.49. The van der Waals surface area contributed by atoms with Crippen LogP contribution < -0.4 is 4.90 Å². The molecule has 3 aliphatic rings. The zero-order chi connectivity index (χ0) is 22.1. The van der Waals surface area contributed by atoms with Crippen LogP contribution in [0.5, 0.6) is 0 Å². The van der Waals surface area contributed by atoms with Gasteiger partial charge >= 0.3 is 0 Å². The van der Waals surface area contributed by atoms with Gasteiger partial charge in [-0.15, -0.1) is 0 Å². The van der Waals surface area contributed by atoms with Crippen molar-refractivity contribution in [1.29, 1.82) is 0 Å². The first-order valence-corrected chi connectivity index (χ1v) is 12.1. The number of nitrogens with zero attached hydrogens (tertiary/aromatic N) is 3. The maximum Gasteiger partial charge on any atom is 0.230 e. The number of fused-ring (bicyclic) bond motifs is 2. The summed E-state index contributed by atoms with van der Waals surface area (Å²) >= 11 is 0. The minimum atomic E-state index is -0.144. The molecule has 0 aliphatic carbocycles. The van der Waals surface area contributed by atoms with E-state index in [-0.39, 0.29) is 23.8 Å². The van der Waals surface area contributed by atoms with Gasteiger partial charge in [-0.05, 0) is 49.3 Å². The summed E-state index contributed by atoms with van der Waals surface area (Å²) in [6.07, 6.45) is 3.75. The molecule has 3 aliphatic heterocycles. The largest absolute Gasteiger partial charge is 0.370 e. The lowest BCUT2D eigenvalue weighted by molar-refractivity contribution is -0.137. The van der Waals surface area contributed by atoms with Gasteiger partial charge in [0.15, 0.2) is 0 Å². The monoisotopic (exact) mass is 431 g/mol. The summed E-state index contributed by atoms with van der Waals surface area (Å²) in [5, 5.41) is 0. The van der Waals surface area contributed by atoms with Crippen LogP contribution in [-0.4, -0.2) is 60.4 Å². The summed E-state index contributed by atoms with van der Waals surface area (Å²) in [5.41, 5.74) is 3.73. The van der Waals surface area contributed by atoms with Gasteiger partial charge in [0, 0.05) is 44.8 Å². The van der Waals surface area contributed by atoms with E-state index in [4.69, 9.17) is 0 Å². The highest BCUT2D eigenvalue weighted by Crippen LogP contribution is 2.33. The molecule has 0 unspecified atom stereocenters. The molecule has 2 aromatic carbocycles. The van der Waals surface area contributed by atoms with Crippen LogP contribution >= 0.6 is 0 Å². The van der Waals surface area contributed by atoms with Crippen LogP contribution in [0, 0.1) is 5.92 Å². The molecule has 5 nitrogen and oxygen atoms in total. The Morgan fingerprint density at radius 3 is 2.62 bits per heavy atom. The second kappa shape index (κ2) is 8.97. The number of carbonyl (C=O) groups is 2. The molecule has 0 bridgehead atoms. The Labute approximate surface area is 191 Å². The molecular formula is C27H33N3O2. The molecule has 168 valence electrons. The number of hydrogen-bond acceptors (Lipinski definition) is 3. The molecule has 2 amide bonds.